The Bertz CT molecular complexity index is 951. The Balaban J connectivity index is 2.03. The minimum Gasteiger partial charge on any atom is -0.297 e. The Morgan fingerprint density at radius 3 is 2.83 bits per heavy atom. The first-order valence-electron chi connectivity index (χ1n) is 7.36. The van der Waals surface area contributed by atoms with Crippen molar-refractivity contribution in [1.82, 2.24) is 19.6 Å². The third-order valence-electron chi connectivity index (χ3n) is 3.54. The summed E-state index contributed by atoms with van der Waals surface area (Å²) in [6, 6.07) is 4.77. The monoisotopic (exact) mass is 321 g/mol. The Hall–Kier alpha value is -3.15. The predicted molar refractivity (Wildman–Crippen MR) is 93.5 cm³/mol. The second-order valence-electron chi connectivity index (χ2n) is 5.21. The Morgan fingerprint density at radius 2 is 2.12 bits per heavy atom. The molecule has 5 nitrogen and oxygen atoms in total. The summed E-state index contributed by atoms with van der Waals surface area (Å²) < 4.78 is 14.7. The standard InChI is InChI=1S/C18H16FN5/c1-12(5-4-9-20-3)17-13(2)18-22-16(8-10-24(18)23-17)15-7-6-14(19)11-21-15/h4-11H,1H2,2-3H3/b5-4-,20-9?. The molecule has 3 aromatic heterocycles. The van der Waals surface area contributed by atoms with E-state index in [-0.39, 0.29) is 5.82 Å². The number of aryl methyl sites for hydroxylation is 1. The van der Waals surface area contributed by atoms with Crippen LogP contribution in [0.4, 0.5) is 4.39 Å². The Morgan fingerprint density at radius 1 is 1.29 bits per heavy atom. The molecule has 0 bridgehead atoms. The van der Waals surface area contributed by atoms with Gasteiger partial charge in [-0.05, 0) is 36.8 Å². The van der Waals surface area contributed by atoms with Crippen molar-refractivity contribution in [2.45, 2.75) is 6.92 Å². The van der Waals surface area contributed by atoms with E-state index in [1.807, 2.05) is 25.3 Å². The molecule has 0 fully saturated rings. The molecule has 6 heteroatoms. The van der Waals surface area contributed by atoms with Gasteiger partial charge in [-0.1, -0.05) is 12.7 Å². The lowest BCUT2D eigenvalue weighted by Crippen LogP contribution is -1.94. The van der Waals surface area contributed by atoms with E-state index >= 15 is 0 Å². The molecule has 0 saturated heterocycles. The highest BCUT2D eigenvalue weighted by atomic mass is 19.1. The fourth-order valence-electron chi connectivity index (χ4n) is 2.34. The van der Waals surface area contributed by atoms with Gasteiger partial charge in [0.1, 0.15) is 5.82 Å². The summed E-state index contributed by atoms with van der Waals surface area (Å²) >= 11 is 0. The molecule has 0 aromatic carbocycles. The largest absolute Gasteiger partial charge is 0.297 e. The third-order valence-corrected chi connectivity index (χ3v) is 3.54. The van der Waals surface area contributed by atoms with Crippen LogP contribution in [0.5, 0.6) is 0 Å². The number of rotatable bonds is 4. The topological polar surface area (TPSA) is 55.4 Å². The van der Waals surface area contributed by atoms with Gasteiger partial charge >= 0.3 is 0 Å². The van der Waals surface area contributed by atoms with Crippen molar-refractivity contribution in [3.63, 3.8) is 0 Å². The van der Waals surface area contributed by atoms with Crippen molar-refractivity contribution in [3.05, 3.63) is 66.4 Å². The van der Waals surface area contributed by atoms with Gasteiger partial charge < -0.3 is 0 Å². The molecule has 24 heavy (non-hydrogen) atoms. The van der Waals surface area contributed by atoms with E-state index in [1.54, 1.807) is 29.9 Å². The minimum absolute atomic E-state index is 0.374. The first-order chi connectivity index (χ1) is 11.6. The lowest BCUT2D eigenvalue weighted by Gasteiger charge is -2.01. The summed E-state index contributed by atoms with van der Waals surface area (Å²) in [6.07, 6.45) is 8.34. The van der Waals surface area contributed by atoms with Crippen molar-refractivity contribution in [1.29, 1.82) is 0 Å². The van der Waals surface area contributed by atoms with Gasteiger partial charge in [-0.3, -0.25) is 9.98 Å². The molecule has 0 spiro atoms. The Kier molecular flexibility index (Phi) is 4.29. The summed E-state index contributed by atoms with van der Waals surface area (Å²) in [6.45, 7) is 5.98. The fraction of sp³-hybridized carbons (Fsp3) is 0.111. The third kappa shape index (κ3) is 2.99. The molecule has 0 unspecified atom stereocenters. The van der Waals surface area contributed by atoms with Crippen LogP contribution in [0.25, 0.3) is 22.6 Å². The van der Waals surface area contributed by atoms with Gasteiger partial charge in [0.25, 0.3) is 0 Å². The Labute approximate surface area is 138 Å². The van der Waals surface area contributed by atoms with Gasteiger partial charge in [-0.15, -0.1) is 0 Å². The van der Waals surface area contributed by atoms with Gasteiger partial charge in [-0.2, -0.15) is 5.10 Å². The molecular weight excluding hydrogens is 305 g/mol. The van der Waals surface area contributed by atoms with E-state index in [2.05, 4.69) is 26.6 Å². The van der Waals surface area contributed by atoms with Crippen LogP contribution in [-0.2, 0) is 0 Å². The maximum Gasteiger partial charge on any atom is 0.159 e. The van der Waals surface area contributed by atoms with Crippen LogP contribution in [0, 0.1) is 12.7 Å². The van der Waals surface area contributed by atoms with Crippen LogP contribution in [0.2, 0.25) is 0 Å². The van der Waals surface area contributed by atoms with Crippen molar-refractivity contribution in [2.75, 3.05) is 7.05 Å². The number of halogens is 1. The average Bonchev–Trinajstić information content (AvgIpc) is 2.92. The molecule has 0 aliphatic carbocycles. The molecule has 0 N–H and O–H groups in total. The van der Waals surface area contributed by atoms with Crippen LogP contribution >= 0.6 is 0 Å². The number of aliphatic imine (C=N–C) groups is 1. The van der Waals surface area contributed by atoms with Crippen LogP contribution < -0.4 is 0 Å². The van der Waals surface area contributed by atoms with Gasteiger partial charge in [0.2, 0.25) is 0 Å². The van der Waals surface area contributed by atoms with E-state index in [9.17, 15) is 4.39 Å². The SMILES string of the molecule is C=C(/C=C\C=NC)c1nn2ccc(-c3ccc(F)cn3)nc2c1C. The fourth-order valence-corrected chi connectivity index (χ4v) is 2.34. The van der Waals surface area contributed by atoms with Crippen molar-refractivity contribution < 1.29 is 4.39 Å². The number of aromatic nitrogens is 4. The van der Waals surface area contributed by atoms with Crippen LogP contribution in [-0.4, -0.2) is 32.8 Å². The van der Waals surface area contributed by atoms with Crippen molar-refractivity contribution >= 4 is 17.4 Å². The number of nitrogens with zero attached hydrogens (tertiary/aromatic N) is 5. The zero-order valence-electron chi connectivity index (χ0n) is 13.4. The summed E-state index contributed by atoms with van der Waals surface area (Å²) in [5.41, 5.74) is 4.46. The number of fused-ring (bicyclic) bond motifs is 1. The highest BCUT2D eigenvalue weighted by molar-refractivity contribution is 5.81. The quantitative estimate of drug-likeness (QED) is 0.546. The summed E-state index contributed by atoms with van der Waals surface area (Å²) in [5.74, 6) is -0.374. The zero-order chi connectivity index (χ0) is 17.1. The smallest absolute Gasteiger partial charge is 0.159 e. The van der Waals surface area contributed by atoms with Gasteiger partial charge in [0.05, 0.1) is 23.3 Å². The van der Waals surface area contributed by atoms with E-state index in [1.165, 1.54) is 12.3 Å². The van der Waals surface area contributed by atoms with E-state index in [0.29, 0.717) is 17.0 Å². The molecule has 3 aromatic rings. The predicted octanol–water partition coefficient (Wildman–Crippen LogP) is 3.51. The molecule has 0 atom stereocenters. The molecule has 3 rings (SSSR count). The van der Waals surface area contributed by atoms with E-state index in [0.717, 1.165) is 16.8 Å². The maximum atomic E-state index is 13.0. The van der Waals surface area contributed by atoms with Crippen LogP contribution in [0.3, 0.4) is 0 Å². The maximum absolute atomic E-state index is 13.0. The van der Waals surface area contributed by atoms with Crippen LogP contribution in [0.1, 0.15) is 11.3 Å². The molecule has 3 heterocycles. The first-order valence-corrected chi connectivity index (χ1v) is 7.36. The van der Waals surface area contributed by atoms with Crippen molar-refractivity contribution in [2.24, 2.45) is 4.99 Å². The summed E-state index contributed by atoms with van der Waals surface area (Å²) in [5, 5.41) is 4.52. The second kappa shape index (κ2) is 6.54. The summed E-state index contributed by atoms with van der Waals surface area (Å²) in [4.78, 5) is 12.6. The zero-order valence-corrected chi connectivity index (χ0v) is 13.4. The molecule has 0 aliphatic rings. The average molecular weight is 321 g/mol. The van der Waals surface area contributed by atoms with E-state index in [4.69, 9.17) is 0 Å². The number of pyridine rings is 1. The molecular formula is C18H16FN5. The highest BCUT2D eigenvalue weighted by Gasteiger charge is 2.13. The lowest BCUT2D eigenvalue weighted by molar-refractivity contribution is 0.622. The van der Waals surface area contributed by atoms with Gasteiger partial charge in [0, 0.05) is 25.0 Å². The summed E-state index contributed by atoms with van der Waals surface area (Å²) in [7, 11) is 1.71. The second-order valence-corrected chi connectivity index (χ2v) is 5.21. The van der Waals surface area contributed by atoms with Crippen LogP contribution in [0.15, 0.2) is 54.3 Å². The van der Waals surface area contributed by atoms with Gasteiger partial charge in [-0.25, -0.2) is 13.9 Å². The normalized spacial score (nSPS) is 11.8. The molecule has 0 radical (unpaired) electrons. The molecule has 0 amide bonds. The van der Waals surface area contributed by atoms with Gasteiger partial charge in [0.15, 0.2) is 5.65 Å². The molecule has 0 saturated carbocycles. The lowest BCUT2D eigenvalue weighted by atomic mass is 10.1. The number of hydrogen-bond acceptors (Lipinski definition) is 4. The van der Waals surface area contributed by atoms with E-state index < -0.39 is 0 Å². The molecule has 0 aliphatic heterocycles. The van der Waals surface area contributed by atoms with Crippen molar-refractivity contribution in [3.8, 4) is 11.4 Å². The first kappa shape index (κ1) is 15.7. The molecule has 120 valence electrons. The number of hydrogen-bond donors (Lipinski definition) is 0. The minimum atomic E-state index is -0.374. The number of allylic oxidation sites excluding steroid dienone is 3. The highest BCUT2D eigenvalue weighted by Crippen LogP contribution is 2.22.